The molecule has 0 radical (unpaired) electrons. The fourth-order valence-corrected chi connectivity index (χ4v) is 4.44. The quantitative estimate of drug-likeness (QED) is 0.737. The topological polar surface area (TPSA) is 79.9 Å². The molecule has 0 spiro atoms. The minimum atomic E-state index is -3.47. The second-order valence-electron chi connectivity index (χ2n) is 6.01. The molecule has 2 heterocycles. The predicted molar refractivity (Wildman–Crippen MR) is 99.2 cm³/mol. The molecule has 2 saturated heterocycles. The lowest BCUT2D eigenvalue weighted by molar-refractivity contribution is 0.0730. The minimum Gasteiger partial charge on any atom is -0.379 e. The van der Waals surface area contributed by atoms with Gasteiger partial charge in [0.15, 0.2) is 5.11 Å². The van der Waals surface area contributed by atoms with Gasteiger partial charge in [0.05, 0.1) is 24.2 Å². The molecular formula is C16H23N3O4S2. The van der Waals surface area contributed by atoms with E-state index in [4.69, 9.17) is 21.7 Å². The number of hydrogen-bond acceptors (Lipinski definition) is 5. The highest BCUT2D eigenvalue weighted by atomic mass is 32.2. The molecule has 0 amide bonds. The third-order valence-electron chi connectivity index (χ3n) is 4.23. The fraction of sp³-hybridized carbons (Fsp3) is 0.562. The average molecular weight is 386 g/mol. The lowest BCUT2D eigenvalue weighted by Gasteiger charge is -2.26. The van der Waals surface area contributed by atoms with Crippen LogP contribution < -0.4 is 10.6 Å². The Kier molecular flexibility index (Phi) is 6.24. The van der Waals surface area contributed by atoms with Crippen molar-refractivity contribution in [3.05, 3.63) is 24.3 Å². The van der Waals surface area contributed by atoms with Crippen molar-refractivity contribution in [2.45, 2.75) is 23.8 Å². The van der Waals surface area contributed by atoms with E-state index in [1.54, 1.807) is 24.3 Å². The summed E-state index contributed by atoms with van der Waals surface area (Å²) >= 11 is 5.26. The number of hydrogen-bond donors (Lipinski definition) is 2. The molecule has 0 bridgehead atoms. The molecule has 0 aromatic heterocycles. The van der Waals surface area contributed by atoms with Crippen molar-refractivity contribution in [3.63, 3.8) is 0 Å². The summed E-state index contributed by atoms with van der Waals surface area (Å²) in [4.78, 5) is 0.276. The van der Waals surface area contributed by atoms with Gasteiger partial charge >= 0.3 is 0 Å². The molecular weight excluding hydrogens is 362 g/mol. The van der Waals surface area contributed by atoms with Gasteiger partial charge in [-0.05, 0) is 49.3 Å². The van der Waals surface area contributed by atoms with Crippen molar-refractivity contribution in [2.24, 2.45) is 0 Å². The zero-order valence-corrected chi connectivity index (χ0v) is 15.6. The van der Waals surface area contributed by atoms with Crippen LogP contribution in [0.1, 0.15) is 12.8 Å². The number of sulfonamides is 1. The molecule has 0 saturated carbocycles. The Morgan fingerprint density at radius 1 is 1.20 bits per heavy atom. The number of rotatable bonds is 5. The number of thiocarbonyl (C=S) groups is 1. The summed E-state index contributed by atoms with van der Waals surface area (Å²) in [5.74, 6) is 0. The van der Waals surface area contributed by atoms with Crippen molar-refractivity contribution in [1.29, 1.82) is 0 Å². The summed E-state index contributed by atoms with van der Waals surface area (Å²) in [6.07, 6.45) is 2.34. The summed E-state index contributed by atoms with van der Waals surface area (Å²) in [5.41, 5.74) is 0.741. The summed E-state index contributed by atoms with van der Waals surface area (Å²) in [5, 5.41) is 6.68. The first-order valence-electron chi connectivity index (χ1n) is 8.40. The van der Waals surface area contributed by atoms with Crippen molar-refractivity contribution < 1.29 is 17.9 Å². The largest absolute Gasteiger partial charge is 0.379 e. The predicted octanol–water partition coefficient (Wildman–Crippen LogP) is 1.17. The van der Waals surface area contributed by atoms with E-state index in [9.17, 15) is 8.42 Å². The highest BCUT2D eigenvalue weighted by Gasteiger charge is 2.26. The Labute approximate surface area is 153 Å². The summed E-state index contributed by atoms with van der Waals surface area (Å²) in [6.45, 7) is 3.13. The van der Waals surface area contributed by atoms with Crippen LogP contribution in [-0.2, 0) is 19.5 Å². The van der Waals surface area contributed by atoms with Gasteiger partial charge in [-0.1, -0.05) is 0 Å². The molecule has 138 valence electrons. The van der Waals surface area contributed by atoms with Gasteiger partial charge in [-0.25, -0.2) is 8.42 Å². The number of morpholine rings is 1. The van der Waals surface area contributed by atoms with Crippen LogP contribution in [0.15, 0.2) is 29.2 Å². The third kappa shape index (κ3) is 4.89. The van der Waals surface area contributed by atoms with Gasteiger partial charge in [0.25, 0.3) is 0 Å². The average Bonchev–Trinajstić information content (AvgIpc) is 3.15. The van der Waals surface area contributed by atoms with Crippen LogP contribution >= 0.6 is 12.2 Å². The smallest absolute Gasteiger partial charge is 0.243 e. The highest BCUT2D eigenvalue weighted by molar-refractivity contribution is 7.89. The zero-order valence-electron chi connectivity index (χ0n) is 13.9. The molecule has 2 aliphatic heterocycles. The molecule has 2 fully saturated rings. The van der Waals surface area contributed by atoms with Crippen LogP contribution in [0.5, 0.6) is 0 Å². The first kappa shape index (κ1) is 18.5. The Hall–Kier alpha value is -1.26. The summed E-state index contributed by atoms with van der Waals surface area (Å²) < 4.78 is 37.3. The molecule has 0 aliphatic carbocycles. The molecule has 2 N–H and O–H groups in total. The summed E-state index contributed by atoms with van der Waals surface area (Å²) in [6, 6.07) is 6.62. The van der Waals surface area contributed by atoms with Gasteiger partial charge in [0, 0.05) is 31.9 Å². The van der Waals surface area contributed by atoms with Crippen molar-refractivity contribution in [2.75, 3.05) is 44.8 Å². The van der Waals surface area contributed by atoms with Crippen LogP contribution in [0.3, 0.4) is 0 Å². The fourth-order valence-electron chi connectivity index (χ4n) is 2.83. The van der Waals surface area contributed by atoms with Crippen LogP contribution in [0.25, 0.3) is 0 Å². The standard InChI is InChI=1S/C16H23N3O4S2/c20-25(21,19-7-10-22-11-8-19)15-5-3-13(4-6-15)18-16(24)17-12-14-2-1-9-23-14/h3-6,14H,1-2,7-12H2,(H2,17,18,24)/t14-/m0/s1. The van der Waals surface area contributed by atoms with Crippen LogP contribution in [0.4, 0.5) is 5.69 Å². The number of nitrogens with zero attached hydrogens (tertiary/aromatic N) is 1. The Morgan fingerprint density at radius 3 is 2.56 bits per heavy atom. The van der Waals surface area contributed by atoms with Crippen LogP contribution in [-0.4, -0.2) is 63.4 Å². The maximum Gasteiger partial charge on any atom is 0.243 e. The van der Waals surface area contributed by atoms with E-state index in [1.165, 1.54) is 4.31 Å². The first-order chi connectivity index (χ1) is 12.1. The van der Waals surface area contributed by atoms with Gasteiger partial charge in [-0.2, -0.15) is 4.31 Å². The number of benzene rings is 1. The summed E-state index contributed by atoms with van der Waals surface area (Å²) in [7, 11) is -3.47. The Balaban J connectivity index is 1.55. The van der Waals surface area contributed by atoms with E-state index in [0.29, 0.717) is 38.0 Å². The van der Waals surface area contributed by atoms with Crippen LogP contribution in [0.2, 0.25) is 0 Å². The molecule has 7 nitrogen and oxygen atoms in total. The van der Waals surface area contributed by atoms with Gasteiger partial charge < -0.3 is 20.1 Å². The minimum absolute atomic E-state index is 0.209. The molecule has 1 atom stereocenters. The highest BCUT2D eigenvalue weighted by Crippen LogP contribution is 2.19. The van der Waals surface area contributed by atoms with Crippen molar-refractivity contribution in [1.82, 2.24) is 9.62 Å². The van der Waals surface area contributed by atoms with Crippen molar-refractivity contribution in [3.8, 4) is 0 Å². The zero-order chi connectivity index (χ0) is 17.7. The number of ether oxygens (including phenoxy) is 2. The molecule has 3 rings (SSSR count). The van der Waals surface area contributed by atoms with E-state index < -0.39 is 10.0 Å². The molecule has 0 unspecified atom stereocenters. The second kappa shape index (κ2) is 8.41. The SMILES string of the molecule is O=S(=O)(c1ccc(NC(=S)NC[C@@H]2CCCO2)cc1)N1CCOCC1. The van der Waals surface area contributed by atoms with Gasteiger partial charge in [-0.15, -0.1) is 0 Å². The normalized spacial score (nSPS) is 21.8. The lowest BCUT2D eigenvalue weighted by Crippen LogP contribution is -2.40. The van der Waals surface area contributed by atoms with Gasteiger partial charge in [0.2, 0.25) is 10.0 Å². The molecule has 2 aliphatic rings. The van der Waals surface area contributed by atoms with Crippen LogP contribution in [0, 0.1) is 0 Å². The molecule has 9 heteroatoms. The van der Waals surface area contributed by atoms with E-state index in [-0.39, 0.29) is 11.0 Å². The maximum atomic E-state index is 12.6. The maximum absolute atomic E-state index is 12.6. The number of anilines is 1. The third-order valence-corrected chi connectivity index (χ3v) is 6.39. The van der Waals surface area contributed by atoms with Crippen molar-refractivity contribution >= 4 is 33.0 Å². The molecule has 25 heavy (non-hydrogen) atoms. The van der Waals surface area contributed by atoms with E-state index in [2.05, 4.69) is 10.6 Å². The lowest BCUT2D eigenvalue weighted by atomic mass is 10.2. The van der Waals surface area contributed by atoms with E-state index in [1.807, 2.05) is 0 Å². The second-order valence-corrected chi connectivity index (χ2v) is 8.36. The Bertz CT molecular complexity index is 682. The van der Waals surface area contributed by atoms with E-state index >= 15 is 0 Å². The van der Waals surface area contributed by atoms with E-state index in [0.717, 1.165) is 25.1 Å². The molecule has 1 aromatic carbocycles. The Morgan fingerprint density at radius 2 is 1.92 bits per heavy atom. The number of nitrogens with one attached hydrogen (secondary N) is 2. The van der Waals surface area contributed by atoms with Gasteiger partial charge in [0.1, 0.15) is 0 Å². The first-order valence-corrected chi connectivity index (χ1v) is 10.2. The van der Waals surface area contributed by atoms with Gasteiger partial charge in [-0.3, -0.25) is 0 Å². The molecule has 1 aromatic rings. The monoisotopic (exact) mass is 385 g/mol.